The van der Waals surface area contributed by atoms with Crippen LogP contribution in [0.15, 0.2) is 12.1 Å². The van der Waals surface area contributed by atoms with E-state index in [-0.39, 0.29) is 37.9 Å². The first kappa shape index (κ1) is 20.9. The second-order valence-corrected chi connectivity index (χ2v) is 4.63. The lowest BCUT2D eigenvalue weighted by Crippen LogP contribution is -2.49. The molecule has 22 heavy (non-hydrogen) atoms. The summed E-state index contributed by atoms with van der Waals surface area (Å²) in [5, 5.41) is 31.5. The van der Waals surface area contributed by atoms with Gasteiger partial charge in [-0.15, -0.1) is 24.8 Å². The van der Waals surface area contributed by atoms with Crippen LogP contribution in [-0.4, -0.2) is 52.6 Å². The molecule has 1 atom stereocenters. The highest BCUT2D eigenvalue weighted by molar-refractivity contribution is 5.85. The van der Waals surface area contributed by atoms with Crippen molar-refractivity contribution in [2.75, 3.05) is 26.2 Å². The number of benzene rings is 1. The summed E-state index contributed by atoms with van der Waals surface area (Å²) in [4.78, 5) is 1.14. The molecule has 0 unspecified atom stereocenters. The average Bonchev–Trinajstić information content (AvgIpc) is 2.33. The van der Waals surface area contributed by atoms with Crippen LogP contribution in [0.5, 0.6) is 17.2 Å². The highest BCUT2D eigenvalue weighted by Crippen LogP contribution is 2.46. The van der Waals surface area contributed by atoms with E-state index in [0.717, 1.165) is 17.0 Å². The zero-order valence-corrected chi connectivity index (χ0v) is 12.9. The van der Waals surface area contributed by atoms with Crippen LogP contribution in [0.4, 0.5) is 13.2 Å². The van der Waals surface area contributed by atoms with Gasteiger partial charge in [0.25, 0.3) is 0 Å². The Morgan fingerprint density at radius 2 is 1.45 bits per heavy atom. The van der Waals surface area contributed by atoms with E-state index in [2.05, 4.69) is 5.32 Å². The quantitative estimate of drug-likeness (QED) is 0.646. The molecule has 2 rings (SSSR count). The van der Waals surface area contributed by atoms with Gasteiger partial charge in [0.05, 0.1) is 5.56 Å². The average molecular weight is 365 g/mol. The summed E-state index contributed by atoms with van der Waals surface area (Å²) in [5.41, 5.74) is -0.628. The van der Waals surface area contributed by atoms with Gasteiger partial charge in [0.2, 0.25) is 0 Å². The van der Waals surface area contributed by atoms with Crippen molar-refractivity contribution < 1.29 is 28.5 Å². The molecule has 0 radical (unpaired) electrons. The third-order valence-electron chi connectivity index (χ3n) is 3.22. The summed E-state index contributed by atoms with van der Waals surface area (Å²) in [7, 11) is 0. The molecule has 4 N–H and O–H groups in total. The van der Waals surface area contributed by atoms with Gasteiger partial charge in [-0.05, 0) is 0 Å². The molecule has 1 aromatic rings. The predicted octanol–water partition coefficient (Wildman–Crippen LogP) is 2.16. The molecule has 1 aromatic carbocycles. The lowest BCUT2D eigenvalue weighted by Gasteiger charge is -2.36. The fourth-order valence-electron chi connectivity index (χ4n) is 2.38. The van der Waals surface area contributed by atoms with Gasteiger partial charge in [0, 0.05) is 38.3 Å². The molecule has 0 amide bonds. The minimum atomic E-state index is -4.65. The SMILES string of the molecule is Cl.Cl.Oc1cc(O)c([C@H](N2CCNCC2)C(F)(F)F)c(O)c1. The Hall–Kier alpha value is -1.09. The Morgan fingerprint density at radius 1 is 1.00 bits per heavy atom. The van der Waals surface area contributed by atoms with Crippen molar-refractivity contribution in [3.05, 3.63) is 17.7 Å². The van der Waals surface area contributed by atoms with E-state index in [1.165, 1.54) is 0 Å². The first-order valence-corrected chi connectivity index (χ1v) is 6.07. The fraction of sp³-hybridized carbons (Fsp3) is 0.500. The molecular formula is C12H17Cl2F3N2O3. The zero-order valence-electron chi connectivity index (χ0n) is 11.3. The summed E-state index contributed by atoms with van der Waals surface area (Å²) in [6, 6.07) is -0.531. The van der Waals surface area contributed by atoms with E-state index >= 15 is 0 Å². The van der Waals surface area contributed by atoms with Gasteiger partial charge < -0.3 is 20.6 Å². The van der Waals surface area contributed by atoms with Crippen molar-refractivity contribution in [2.45, 2.75) is 12.2 Å². The van der Waals surface area contributed by atoms with Crippen LogP contribution in [-0.2, 0) is 0 Å². The van der Waals surface area contributed by atoms with Crippen LogP contribution in [0, 0.1) is 0 Å². The van der Waals surface area contributed by atoms with E-state index in [0.29, 0.717) is 13.1 Å². The van der Waals surface area contributed by atoms with Crippen molar-refractivity contribution in [2.24, 2.45) is 0 Å². The van der Waals surface area contributed by atoms with Crippen LogP contribution in [0.3, 0.4) is 0 Å². The van der Waals surface area contributed by atoms with Crippen LogP contribution in [0.25, 0.3) is 0 Å². The molecule has 1 aliphatic heterocycles. The van der Waals surface area contributed by atoms with Crippen molar-refractivity contribution in [1.82, 2.24) is 10.2 Å². The molecule has 0 saturated carbocycles. The van der Waals surface area contributed by atoms with Gasteiger partial charge in [-0.2, -0.15) is 13.2 Å². The molecule has 0 spiro atoms. The first-order chi connectivity index (χ1) is 9.30. The Labute approximate surface area is 137 Å². The van der Waals surface area contributed by atoms with Gasteiger partial charge in [-0.3, -0.25) is 4.90 Å². The van der Waals surface area contributed by atoms with Crippen LogP contribution < -0.4 is 5.32 Å². The molecule has 1 aliphatic rings. The summed E-state index contributed by atoms with van der Waals surface area (Å²) in [6.07, 6.45) is -4.65. The molecule has 0 bridgehead atoms. The zero-order chi connectivity index (χ0) is 14.9. The number of piperazine rings is 1. The maximum Gasteiger partial charge on any atom is 0.408 e. The van der Waals surface area contributed by atoms with Crippen LogP contribution in [0.2, 0.25) is 0 Å². The number of phenolic OH excluding ortho intramolecular Hbond substituents is 3. The second kappa shape index (κ2) is 7.96. The maximum atomic E-state index is 13.3. The van der Waals surface area contributed by atoms with E-state index < -0.39 is 35.0 Å². The Morgan fingerprint density at radius 3 is 1.86 bits per heavy atom. The standard InChI is InChI=1S/C12H15F3N2O3.2ClH/c13-12(14,15)11(17-3-1-16-2-4-17)10-8(19)5-7(18)6-9(10)20;;/h5-6,11,16,18-20H,1-4H2;2*1H/t11-;;/m0../s1. The molecule has 10 heteroatoms. The van der Waals surface area contributed by atoms with Gasteiger partial charge in [-0.1, -0.05) is 0 Å². The molecule has 1 fully saturated rings. The van der Waals surface area contributed by atoms with Gasteiger partial charge in [-0.25, -0.2) is 0 Å². The lowest BCUT2D eigenvalue weighted by atomic mass is 10.0. The number of hydrogen-bond acceptors (Lipinski definition) is 5. The topological polar surface area (TPSA) is 76.0 Å². The Balaban J connectivity index is 0.00000220. The number of halogens is 5. The first-order valence-electron chi connectivity index (χ1n) is 6.07. The number of hydrogen-bond donors (Lipinski definition) is 4. The van der Waals surface area contributed by atoms with E-state index in [4.69, 9.17) is 0 Å². The third-order valence-corrected chi connectivity index (χ3v) is 3.22. The van der Waals surface area contributed by atoms with Gasteiger partial charge in [0.15, 0.2) is 0 Å². The van der Waals surface area contributed by atoms with E-state index in [1.54, 1.807) is 0 Å². The van der Waals surface area contributed by atoms with Crippen molar-refractivity contribution in [1.29, 1.82) is 0 Å². The van der Waals surface area contributed by atoms with Crippen molar-refractivity contribution in [3.8, 4) is 17.2 Å². The minimum Gasteiger partial charge on any atom is -0.508 e. The van der Waals surface area contributed by atoms with Crippen molar-refractivity contribution >= 4 is 24.8 Å². The Bertz CT molecular complexity index is 474. The van der Waals surface area contributed by atoms with E-state index in [1.807, 2.05) is 0 Å². The molecule has 5 nitrogen and oxygen atoms in total. The normalized spacial score (nSPS) is 17.2. The van der Waals surface area contributed by atoms with Crippen molar-refractivity contribution in [3.63, 3.8) is 0 Å². The number of nitrogens with zero attached hydrogens (tertiary/aromatic N) is 1. The third kappa shape index (κ3) is 4.45. The summed E-state index contributed by atoms with van der Waals surface area (Å²) >= 11 is 0. The van der Waals surface area contributed by atoms with E-state index in [9.17, 15) is 28.5 Å². The molecule has 1 heterocycles. The van der Waals surface area contributed by atoms with Gasteiger partial charge >= 0.3 is 6.18 Å². The van der Waals surface area contributed by atoms with Crippen LogP contribution in [0.1, 0.15) is 11.6 Å². The molecule has 128 valence electrons. The Kier molecular flexibility index (Phi) is 7.56. The number of phenols is 3. The number of nitrogens with one attached hydrogen (secondary N) is 1. The lowest BCUT2D eigenvalue weighted by molar-refractivity contribution is -0.188. The monoisotopic (exact) mass is 364 g/mol. The second-order valence-electron chi connectivity index (χ2n) is 4.63. The van der Waals surface area contributed by atoms with Crippen LogP contribution >= 0.6 is 24.8 Å². The molecule has 0 aromatic heterocycles. The fourth-order valence-corrected chi connectivity index (χ4v) is 2.38. The maximum absolute atomic E-state index is 13.3. The largest absolute Gasteiger partial charge is 0.508 e. The van der Waals surface area contributed by atoms with Gasteiger partial charge in [0.1, 0.15) is 23.3 Å². The molecule has 1 saturated heterocycles. The minimum absolute atomic E-state index is 0. The molecule has 0 aliphatic carbocycles. The summed E-state index contributed by atoms with van der Waals surface area (Å²) in [6.45, 7) is 1.08. The number of alkyl halides is 3. The molecular weight excluding hydrogens is 348 g/mol. The number of aromatic hydroxyl groups is 3. The highest BCUT2D eigenvalue weighted by Gasteiger charge is 2.47. The summed E-state index contributed by atoms with van der Waals surface area (Å²) in [5.74, 6) is -2.04. The highest BCUT2D eigenvalue weighted by atomic mass is 35.5. The summed E-state index contributed by atoms with van der Waals surface area (Å²) < 4.78 is 39.9. The predicted molar refractivity (Wildman–Crippen MR) is 79.2 cm³/mol. The number of rotatable bonds is 2. The smallest absolute Gasteiger partial charge is 0.408 e.